The number of likely N-dealkylation sites (tertiary alicyclic amines) is 1. The number of hydrogen-bond acceptors (Lipinski definition) is 3. The van der Waals surface area contributed by atoms with E-state index in [1.807, 2.05) is 6.92 Å². The lowest BCUT2D eigenvalue weighted by molar-refractivity contribution is -0.143. The van der Waals surface area contributed by atoms with Crippen LogP contribution in [0.25, 0.3) is 0 Å². The number of nitrogens with zero attached hydrogens (tertiary/aromatic N) is 3. The molecule has 2 unspecified atom stereocenters. The van der Waals surface area contributed by atoms with Gasteiger partial charge in [0.1, 0.15) is 0 Å². The molecule has 0 aromatic rings. The summed E-state index contributed by atoms with van der Waals surface area (Å²) in [6.45, 7) is 7.78. The molecular formula is C17H35F3IN5. The zero-order valence-electron chi connectivity index (χ0n) is 16.6. The number of guanidine groups is 1. The molecule has 0 spiro atoms. The van der Waals surface area contributed by atoms with E-state index < -0.39 is 12.7 Å². The highest BCUT2D eigenvalue weighted by Gasteiger charge is 2.34. The lowest BCUT2D eigenvalue weighted by Gasteiger charge is -2.25. The lowest BCUT2D eigenvalue weighted by atomic mass is 10.0. The summed E-state index contributed by atoms with van der Waals surface area (Å²) in [6, 6.07) is 0.351. The van der Waals surface area contributed by atoms with Gasteiger partial charge in [0.05, 0.1) is 13.1 Å². The van der Waals surface area contributed by atoms with Crippen LogP contribution in [0.5, 0.6) is 0 Å². The average molecular weight is 493 g/mol. The molecule has 2 N–H and O–H groups in total. The fourth-order valence-electron chi connectivity index (χ4n) is 3.05. The third-order valence-corrected chi connectivity index (χ3v) is 4.29. The Balaban J connectivity index is 0.00000625. The lowest BCUT2D eigenvalue weighted by Crippen LogP contribution is -2.46. The second-order valence-corrected chi connectivity index (χ2v) is 7.45. The summed E-state index contributed by atoms with van der Waals surface area (Å²) in [5.74, 6) is 1.28. The normalized spacial score (nSPS) is 20.4. The van der Waals surface area contributed by atoms with Gasteiger partial charge in [-0.15, -0.1) is 24.0 Å². The Bertz CT molecular complexity index is 416. The van der Waals surface area contributed by atoms with E-state index >= 15 is 0 Å². The first-order chi connectivity index (χ1) is 11.6. The molecule has 5 nitrogen and oxygen atoms in total. The Morgan fingerprint density at radius 2 is 1.96 bits per heavy atom. The molecule has 26 heavy (non-hydrogen) atoms. The van der Waals surface area contributed by atoms with E-state index in [1.165, 1.54) is 4.90 Å². The van der Waals surface area contributed by atoms with Crippen molar-refractivity contribution in [2.75, 3.05) is 46.8 Å². The molecule has 0 radical (unpaired) electrons. The van der Waals surface area contributed by atoms with Crippen LogP contribution in [0.4, 0.5) is 13.2 Å². The Morgan fingerprint density at radius 1 is 1.31 bits per heavy atom. The van der Waals surface area contributed by atoms with Gasteiger partial charge in [-0.2, -0.15) is 13.2 Å². The van der Waals surface area contributed by atoms with Gasteiger partial charge in [-0.3, -0.25) is 9.89 Å². The summed E-state index contributed by atoms with van der Waals surface area (Å²) in [7, 11) is 4.10. The third kappa shape index (κ3) is 10.8. The van der Waals surface area contributed by atoms with E-state index in [9.17, 15) is 13.2 Å². The predicted octanol–water partition coefficient (Wildman–Crippen LogP) is 2.77. The molecule has 0 aromatic heterocycles. The summed E-state index contributed by atoms with van der Waals surface area (Å²) in [5, 5.41) is 6.49. The number of likely N-dealkylation sites (N-methyl/N-ethyl adjacent to an activating group) is 1. The van der Waals surface area contributed by atoms with Gasteiger partial charge >= 0.3 is 6.18 Å². The molecule has 2 atom stereocenters. The van der Waals surface area contributed by atoms with Crippen molar-refractivity contribution >= 4 is 29.9 Å². The quantitative estimate of drug-likeness (QED) is 0.310. The largest absolute Gasteiger partial charge is 0.401 e. The summed E-state index contributed by atoms with van der Waals surface area (Å²) < 4.78 is 37.5. The van der Waals surface area contributed by atoms with Gasteiger partial charge < -0.3 is 15.5 Å². The molecule has 0 bridgehead atoms. The highest BCUT2D eigenvalue weighted by Crippen LogP contribution is 2.20. The predicted molar refractivity (Wildman–Crippen MR) is 112 cm³/mol. The van der Waals surface area contributed by atoms with Gasteiger partial charge in [0.15, 0.2) is 5.96 Å². The summed E-state index contributed by atoms with van der Waals surface area (Å²) in [4.78, 5) is 8.28. The summed E-state index contributed by atoms with van der Waals surface area (Å²) >= 11 is 0. The zero-order chi connectivity index (χ0) is 19.0. The fourth-order valence-corrected chi connectivity index (χ4v) is 3.05. The number of rotatable bonds is 8. The summed E-state index contributed by atoms with van der Waals surface area (Å²) in [5.41, 5.74) is 0. The van der Waals surface area contributed by atoms with E-state index in [4.69, 9.17) is 0 Å². The van der Waals surface area contributed by atoms with E-state index in [2.05, 4.69) is 48.5 Å². The van der Waals surface area contributed by atoms with Crippen molar-refractivity contribution < 1.29 is 13.2 Å². The van der Waals surface area contributed by atoms with Crippen molar-refractivity contribution in [1.29, 1.82) is 0 Å². The van der Waals surface area contributed by atoms with Gasteiger partial charge in [-0.25, -0.2) is 0 Å². The fraction of sp³-hybridized carbons (Fsp3) is 0.941. The molecule has 9 heteroatoms. The Morgan fingerprint density at radius 3 is 2.46 bits per heavy atom. The number of aliphatic imine (C=N–C) groups is 1. The van der Waals surface area contributed by atoms with Crippen LogP contribution in [0.2, 0.25) is 0 Å². The smallest absolute Gasteiger partial charge is 0.357 e. The topological polar surface area (TPSA) is 42.9 Å². The molecule has 1 heterocycles. The van der Waals surface area contributed by atoms with Crippen molar-refractivity contribution in [2.24, 2.45) is 10.9 Å². The van der Waals surface area contributed by atoms with Gasteiger partial charge in [0.25, 0.3) is 0 Å². The third-order valence-electron chi connectivity index (χ3n) is 4.29. The van der Waals surface area contributed by atoms with E-state index in [0.717, 1.165) is 13.0 Å². The molecule has 1 aliphatic rings. The molecule has 1 fully saturated rings. The summed E-state index contributed by atoms with van der Waals surface area (Å²) in [6.07, 6.45) is -2.38. The minimum absolute atomic E-state index is 0. The molecule has 1 rings (SSSR count). The molecule has 156 valence electrons. The minimum atomic E-state index is -4.14. The van der Waals surface area contributed by atoms with Crippen molar-refractivity contribution in [3.8, 4) is 0 Å². The van der Waals surface area contributed by atoms with Crippen LogP contribution in [-0.2, 0) is 0 Å². The highest BCUT2D eigenvalue weighted by molar-refractivity contribution is 14.0. The first-order valence-corrected chi connectivity index (χ1v) is 9.11. The van der Waals surface area contributed by atoms with Crippen molar-refractivity contribution in [3.63, 3.8) is 0 Å². The number of nitrogens with one attached hydrogen (secondary N) is 2. The maximum atomic E-state index is 12.5. The van der Waals surface area contributed by atoms with Crippen molar-refractivity contribution in [3.05, 3.63) is 0 Å². The van der Waals surface area contributed by atoms with Crippen molar-refractivity contribution in [2.45, 2.75) is 51.9 Å². The molecule has 0 amide bonds. The van der Waals surface area contributed by atoms with Crippen LogP contribution < -0.4 is 10.6 Å². The average Bonchev–Trinajstić information content (AvgIpc) is 2.87. The highest BCUT2D eigenvalue weighted by atomic mass is 127. The van der Waals surface area contributed by atoms with Crippen LogP contribution >= 0.6 is 24.0 Å². The number of halogens is 4. The zero-order valence-corrected chi connectivity index (χ0v) is 18.9. The van der Waals surface area contributed by atoms with Crippen LogP contribution in [0.15, 0.2) is 4.99 Å². The van der Waals surface area contributed by atoms with E-state index in [1.54, 1.807) is 0 Å². The standard InChI is InChI=1S/C17H34F3N5.HI/c1-6-21-16(22-10-15(24(4)5)9-13(2)3)23-14-7-8-25(11-14)12-17(18,19)20;/h13-15H,6-12H2,1-5H3,(H2,21,22,23);1H. The van der Waals surface area contributed by atoms with E-state index in [0.29, 0.717) is 44.0 Å². The molecule has 0 saturated carbocycles. The number of alkyl halides is 3. The Labute approximate surface area is 173 Å². The molecule has 0 aliphatic carbocycles. The minimum Gasteiger partial charge on any atom is -0.357 e. The van der Waals surface area contributed by atoms with Crippen LogP contribution in [-0.4, -0.2) is 80.8 Å². The van der Waals surface area contributed by atoms with Crippen LogP contribution in [0.1, 0.15) is 33.6 Å². The van der Waals surface area contributed by atoms with Gasteiger partial charge in [0, 0.05) is 31.7 Å². The molecule has 1 saturated heterocycles. The first-order valence-electron chi connectivity index (χ1n) is 9.11. The second-order valence-electron chi connectivity index (χ2n) is 7.45. The van der Waals surface area contributed by atoms with Crippen LogP contribution in [0.3, 0.4) is 0 Å². The SMILES string of the molecule is CCNC(=NCC(CC(C)C)N(C)C)NC1CCN(CC(F)(F)F)C1.I. The van der Waals surface area contributed by atoms with E-state index in [-0.39, 0.29) is 30.0 Å². The molecule has 0 aromatic carbocycles. The van der Waals surface area contributed by atoms with Crippen LogP contribution in [0, 0.1) is 5.92 Å². The van der Waals surface area contributed by atoms with Gasteiger partial charge in [0.2, 0.25) is 0 Å². The monoisotopic (exact) mass is 493 g/mol. The molecular weight excluding hydrogens is 458 g/mol. The second kappa shape index (κ2) is 12.2. The van der Waals surface area contributed by atoms with Gasteiger partial charge in [-0.05, 0) is 39.8 Å². The Hall–Kier alpha value is -0.290. The number of hydrogen-bond donors (Lipinski definition) is 2. The van der Waals surface area contributed by atoms with Gasteiger partial charge in [-0.1, -0.05) is 13.8 Å². The maximum Gasteiger partial charge on any atom is 0.401 e. The van der Waals surface area contributed by atoms with Crippen molar-refractivity contribution in [1.82, 2.24) is 20.4 Å². The Kier molecular flexibility index (Phi) is 12.1. The maximum absolute atomic E-state index is 12.5. The molecule has 1 aliphatic heterocycles. The first kappa shape index (κ1) is 25.7.